The van der Waals surface area contributed by atoms with Crippen molar-refractivity contribution in [1.82, 2.24) is 9.71 Å². The fourth-order valence-electron chi connectivity index (χ4n) is 1.62. The molecule has 3 unspecified atom stereocenters. The number of hydrogen-bond acceptors (Lipinski definition) is 2. The molecule has 1 heterocycles. The Bertz CT molecular complexity index is 128. The minimum atomic E-state index is 0.469. The molecule has 90 valence electrons. The van der Waals surface area contributed by atoms with Crippen molar-refractivity contribution in [3.05, 3.63) is 0 Å². The zero-order valence-electron chi connectivity index (χ0n) is 11.9. The van der Waals surface area contributed by atoms with E-state index in [4.69, 9.17) is 7.98 Å². The second kappa shape index (κ2) is 9.23. The molecule has 3 heteroatoms. The first-order valence-electron chi connectivity index (χ1n) is 6.27. The van der Waals surface area contributed by atoms with E-state index in [0.717, 1.165) is 6.54 Å². The average Bonchev–Trinajstić information content (AvgIpc) is 2.29. The Kier molecular flexibility index (Phi) is 10.7. The van der Waals surface area contributed by atoms with Crippen molar-refractivity contribution in [3.8, 4) is 0 Å². The van der Waals surface area contributed by atoms with Crippen molar-refractivity contribution in [3.63, 3.8) is 0 Å². The maximum Gasteiger partial charge on any atom is 0.183 e. The van der Waals surface area contributed by atoms with Crippen LogP contribution in [0.2, 0.25) is 0 Å². The van der Waals surface area contributed by atoms with Crippen LogP contribution < -0.4 is 0 Å². The summed E-state index contributed by atoms with van der Waals surface area (Å²) in [6.45, 7) is 15.6. The maximum absolute atomic E-state index is 5.83. The highest BCUT2D eigenvalue weighted by molar-refractivity contribution is 6.04. The molecular formula is C12H29BN2. The van der Waals surface area contributed by atoms with E-state index >= 15 is 0 Å². The lowest BCUT2D eigenvalue weighted by Gasteiger charge is -2.46. The van der Waals surface area contributed by atoms with Crippen LogP contribution in [0.25, 0.3) is 0 Å². The van der Waals surface area contributed by atoms with Crippen molar-refractivity contribution >= 4 is 7.98 Å². The molecule has 0 amide bonds. The van der Waals surface area contributed by atoms with Gasteiger partial charge in [-0.3, -0.25) is 4.90 Å². The van der Waals surface area contributed by atoms with E-state index in [0.29, 0.717) is 18.1 Å². The third-order valence-electron chi connectivity index (χ3n) is 3.03. The summed E-state index contributed by atoms with van der Waals surface area (Å²) in [5.41, 5.74) is 0. The van der Waals surface area contributed by atoms with Gasteiger partial charge in [0.1, 0.15) is 0 Å². The molecule has 2 nitrogen and oxygen atoms in total. The summed E-state index contributed by atoms with van der Waals surface area (Å²) in [5.74, 6) is 0. The molecule has 3 atom stereocenters. The van der Waals surface area contributed by atoms with Crippen LogP contribution in [0, 0.1) is 0 Å². The molecule has 2 radical (unpaired) electrons. The Balaban J connectivity index is 0. The van der Waals surface area contributed by atoms with Crippen molar-refractivity contribution in [2.75, 3.05) is 13.6 Å². The number of hydrogen-bond donors (Lipinski definition) is 0. The molecular weight excluding hydrogens is 183 g/mol. The molecule has 0 aromatic carbocycles. The van der Waals surface area contributed by atoms with E-state index < -0.39 is 0 Å². The second-order valence-corrected chi connectivity index (χ2v) is 3.69. The van der Waals surface area contributed by atoms with E-state index in [9.17, 15) is 0 Å². The molecule has 0 aliphatic carbocycles. The summed E-state index contributed by atoms with van der Waals surface area (Å²) >= 11 is 0. The molecule has 1 aliphatic heterocycles. The molecule has 0 bridgehead atoms. The van der Waals surface area contributed by atoms with Crippen LogP contribution in [0.5, 0.6) is 0 Å². The monoisotopic (exact) mass is 212 g/mol. The maximum atomic E-state index is 5.83. The van der Waals surface area contributed by atoms with Gasteiger partial charge in [-0.1, -0.05) is 27.7 Å². The summed E-state index contributed by atoms with van der Waals surface area (Å²) in [6, 6.07) is 1.60. The topological polar surface area (TPSA) is 6.48 Å². The van der Waals surface area contributed by atoms with E-state index in [1.54, 1.807) is 0 Å². The molecule has 0 aromatic heterocycles. The molecule has 1 saturated heterocycles. The van der Waals surface area contributed by atoms with Crippen molar-refractivity contribution in [2.45, 2.75) is 66.6 Å². The number of rotatable bonds is 0. The Hall–Kier alpha value is -0.0151. The molecule has 1 rings (SSSR count). The largest absolute Gasteiger partial charge is 0.349 e. The number of piperazine rings is 1. The third-order valence-corrected chi connectivity index (χ3v) is 3.03. The minimum absolute atomic E-state index is 0.469. The molecule has 1 aliphatic rings. The minimum Gasteiger partial charge on any atom is -0.349 e. The first kappa shape index (κ1) is 17.4. The van der Waals surface area contributed by atoms with E-state index in [1.807, 2.05) is 32.5 Å². The van der Waals surface area contributed by atoms with Gasteiger partial charge in [-0.15, -0.1) is 0 Å². The average molecular weight is 212 g/mol. The Labute approximate surface area is 98.5 Å². The van der Waals surface area contributed by atoms with Crippen molar-refractivity contribution < 1.29 is 0 Å². The van der Waals surface area contributed by atoms with Gasteiger partial charge >= 0.3 is 0 Å². The highest BCUT2D eigenvalue weighted by Crippen LogP contribution is 2.17. The second-order valence-electron chi connectivity index (χ2n) is 3.69. The van der Waals surface area contributed by atoms with E-state index in [-0.39, 0.29) is 0 Å². The predicted octanol–water partition coefficient (Wildman–Crippen LogP) is 2.54. The van der Waals surface area contributed by atoms with Gasteiger partial charge < -0.3 is 4.81 Å². The number of likely N-dealkylation sites (N-methyl/N-ethyl adjacent to an activating group) is 1. The zero-order valence-corrected chi connectivity index (χ0v) is 11.9. The van der Waals surface area contributed by atoms with Crippen molar-refractivity contribution in [2.24, 2.45) is 0 Å². The van der Waals surface area contributed by atoms with Gasteiger partial charge in [0, 0.05) is 24.7 Å². The predicted molar refractivity (Wildman–Crippen MR) is 71.3 cm³/mol. The molecule has 15 heavy (non-hydrogen) atoms. The van der Waals surface area contributed by atoms with Crippen LogP contribution in [0.1, 0.15) is 48.5 Å². The lowest BCUT2D eigenvalue weighted by Crippen LogP contribution is -2.58. The van der Waals surface area contributed by atoms with Crippen LogP contribution in [-0.4, -0.2) is 49.4 Å². The van der Waals surface area contributed by atoms with Crippen LogP contribution >= 0.6 is 0 Å². The summed E-state index contributed by atoms with van der Waals surface area (Å²) in [5, 5.41) is 0. The fraction of sp³-hybridized carbons (Fsp3) is 1.00. The van der Waals surface area contributed by atoms with Crippen LogP contribution in [0.3, 0.4) is 0 Å². The summed E-state index contributed by atoms with van der Waals surface area (Å²) in [6.07, 6.45) is 0. The quantitative estimate of drug-likeness (QED) is 0.569. The summed E-state index contributed by atoms with van der Waals surface area (Å²) in [4.78, 5) is 4.32. The van der Waals surface area contributed by atoms with E-state index in [1.165, 1.54) is 0 Å². The normalized spacial score (nSPS) is 32.1. The van der Waals surface area contributed by atoms with Gasteiger partial charge in [0.25, 0.3) is 0 Å². The Morgan fingerprint density at radius 1 is 0.933 bits per heavy atom. The van der Waals surface area contributed by atoms with Gasteiger partial charge in [-0.25, -0.2) is 0 Å². The Morgan fingerprint density at radius 3 is 1.73 bits per heavy atom. The standard InChI is InChI=1S/C8H17BN2.2C2H6/c1-6-5-11(9)8(3)7(2)10(6)4;2*1-2/h6-8H,5H2,1-4H3;2*1-2H3. The SMILES string of the molecule is CC.CC.[B]N1CC(C)N(C)C(C)C1C. The van der Waals surface area contributed by atoms with Crippen molar-refractivity contribution in [1.29, 1.82) is 0 Å². The first-order valence-corrected chi connectivity index (χ1v) is 6.27. The van der Waals surface area contributed by atoms with Crippen LogP contribution in [0.15, 0.2) is 0 Å². The van der Waals surface area contributed by atoms with Crippen LogP contribution in [-0.2, 0) is 0 Å². The molecule has 0 saturated carbocycles. The fourth-order valence-corrected chi connectivity index (χ4v) is 1.62. The van der Waals surface area contributed by atoms with Gasteiger partial charge in [0.15, 0.2) is 7.98 Å². The van der Waals surface area contributed by atoms with E-state index in [2.05, 4.69) is 32.7 Å². The molecule has 0 aromatic rings. The Morgan fingerprint density at radius 2 is 1.33 bits per heavy atom. The highest BCUT2D eigenvalue weighted by atomic mass is 15.3. The summed E-state index contributed by atoms with van der Waals surface area (Å²) < 4.78 is 0. The molecule has 0 N–H and O–H groups in total. The van der Waals surface area contributed by atoms with Gasteiger partial charge in [-0.2, -0.15) is 0 Å². The lowest BCUT2D eigenvalue weighted by atomic mass is 9.98. The van der Waals surface area contributed by atoms with Gasteiger partial charge in [0.05, 0.1) is 0 Å². The first-order chi connectivity index (χ1) is 7.04. The molecule has 1 fully saturated rings. The third kappa shape index (κ3) is 5.03. The van der Waals surface area contributed by atoms with Crippen LogP contribution in [0.4, 0.5) is 0 Å². The van der Waals surface area contributed by atoms with Gasteiger partial charge in [-0.05, 0) is 27.8 Å². The lowest BCUT2D eigenvalue weighted by molar-refractivity contribution is 0.0647. The summed E-state index contributed by atoms with van der Waals surface area (Å²) in [7, 11) is 7.99. The molecule has 0 spiro atoms. The zero-order chi connectivity index (χ0) is 12.6. The number of nitrogens with zero attached hydrogens (tertiary/aromatic N) is 2. The highest BCUT2D eigenvalue weighted by Gasteiger charge is 2.29. The smallest absolute Gasteiger partial charge is 0.183 e. The van der Waals surface area contributed by atoms with Gasteiger partial charge in [0.2, 0.25) is 0 Å².